The highest BCUT2D eigenvalue weighted by Crippen LogP contribution is 2.07. The van der Waals surface area contributed by atoms with E-state index in [1.54, 1.807) is 0 Å². The minimum absolute atomic E-state index is 0.0361. The van der Waals surface area contributed by atoms with Gasteiger partial charge >= 0.3 is 6.09 Å². The predicted molar refractivity (Wildman–Crippen MR) is 123 cm³/mol. The van der Waals surface area contributed by atoms with Crippen LogP contribution in [0.25, 0.3) is 10.4 Å². The molecule has 192 valence electrons. The van der Waals surface area contributed by atoms with E-state index in [0.29, 0.717) is 85.3 Å². The van der Waals surface area contributed by atoms with Crippen LogP contribution >= 0.6 is 0 Å². The van der Waals surface area contributed by atoms with Crippen molar-refractivity contribution >= 4 is 12.0 Å². The number of ether oxygens (including phenoxy) is 5. The third kappa shape index (κ3) is 22.9. The van der Waals surface area contributed by atoms with Crippen LogP contribution in [0, 0.1) is 5.92 Å². The molecule has 0 rings (SSSR count). The van der Waals surface area contributed by atoms with Crippen LogP contribution in [-0.2, 0) is 28.5 Å². The summed E-state index contributed by atoms with van der Waals surface area (Å²) in [4.78, 5) is 26.2. The summed E-state index contributed by atoms with van der Waals surface area (Å²) in [6.45, 7) is 12.0. The van der Waals surface area contributed by atoms with E-state index in [0.717, 1.165) is 0 Å². The number of hydrogen-bond acceptors (Lipinski definition) is 8. The van der Waals surface area contributed by atoms with Gasteiger partial charge in [-0.15, -0.1) is 0 Å². The molecule has 33 heavy (non-hydrogen) atoms. The van der Waals surface area contributed by atoms with E-state index >= 15 is 0 Å². The maximum atomic E-state index is 12.1. The average molecular weight is 476 g/mol. The zero-order valence-corrected chi connectivity index (χ0v) is 20.5. The van der Waals surface area contributed by atoms with E-state index in [1.807, 2.05) is 27.7 Å². The minimum atomic E-state index is -0.521. The first kappa shape index (κ1) is 30.9. The van der Waals surface area contributed by atoms with Gasteiger partial charge in [0.05, 0.1) is 52.9 Å². The molecular formula is C21H41N5O7. The number of nitrogens with one attached hydrogen (secondary N) is 2. The minimum Gasteiger partial charge on any atom is -0.444 e. The van der Waals surface area contributed by atoms with Gasteiger partial charge in [-0.2, -0.15) is 0 Å². The van der Waals surface area contributed by atoms with Gasteiger partial charge in [0.2, 0.25) is 5.91 Å². The van der Waals surface area contributed by atoms with Crippen LogP contribution in [0.2, 0.25) is 0 Å². The van der Waals surface area contributed by atoms with Crippen LogP contribution in [0.3, 0.4) is 0 Å². The highest BCUT2D eigenvalue weighted by Gasteiger charge is 2.16. The molecule has 0 bridgehead atoms. The van der Waals surface area contributed by atoms with E-state index in [-0.39, 0.29) is 11.8 Å². The molecule has 0 radical (unpaired) electrons. The SMILES string of the molecule is C[C@H](CCCNC(=O)OC(C)(C)C)C(=O)NCCOCCOCCOCCOCCN=[N+]=[N-]. The van der Waals surface area contributed by atoms with Crippen LogP contribution in [0.1, 0.15) is 40.5 Å². The number of hydrogen-bond donors (Lipinski definition) is 2. The second-order valence-electron chi connectivity index (χ2n) is 8.17. The highest BCUT2D eigenvalue weighted by atomic mass is 16.6. The molecule has 1 atom stereocenters. The predicted octanol–water partition coefficient (Wildman–Crippen LogP) is 2.42. The van der Waals surface area contributed by atoms with Gasteiger partial charge in [0.15, 0.2) is 0 Å². The summed E-state index contributed by atoms with van der Waals surface area (Å²) in [6.07, 6.45) is 0.911. The molecule has 12 heteroatoms. The van der Waals surface area contributed by atoms with Crippen molar-refractivity contribution in [2.45, 2.75) is 46.1 Å². The number of rotatable bonds is 20. The Labute approximate surface area is 196 Å². The van der Waals surface area contributed by atoms with Crippen LogP contribution in [-0.4, -0.2) is 90.1 Å². The van der Waals surface area contributed by atoms with Gasteiger partial charge in [-0.05, 0) is 39.1 Å². The number of nitrogens with zero attached hydrogens (tertiary/aromatic N) is 3. The van der Waals surface area contributed by atoms with E-state index in [4.69, 9.17) is 29.2 Å². The quantitative estimate of drug-likeness (QED) is 0.119. The first-order valence-corrected chi connectivity index (χ1v) is 11.3. The van der Waals surface area contributed by atoms with E-state index < -0.39 is 11.7 Å². The summed E-state index contributed by atoms with van der Waals surface area (Å²) in [5, 5.41) is 8.88. The lowest BCUT2D eigenvalue weighted by Crippen LogP contribution is -2.34. The topological polar surface area (TPSA) is 153 Å². The summed E-state index contributed by atoms with van der Waals surface area (Å²) in [7, 11) is 0. The number of carbonyl (C=O) groups excluding carboxylic acids is 2. The molecule has 0 fully saturated rings. The monoisotopic (exact) mass is 475 g/mol. The first-order valence-electron chi connectivity index (χ1n) is 11.3. The maximum absolute atomic E-state index is 12.1. The standard InChI is InChI=1S/C21H41N5O7/c1-18(6-5-7-24-20(28)33-21(2,3)4)19(27)23-8-10-29-12-14-31-16-17-32-15-13-30-11-9-25-26-22/h18H,5-17H2,1-4H3,(H,23,27)(H,24,28)/t18-/m1/s1. The third-order valence-corrected chi connectivity index (χ3v) is 3.99. The van der Waals surface area contributed by atoms with E-state index in [2.05, 4.69) is 20.7 Å². The van der Waals surface area contributed by atoms with Crippen LogP contribution < -0.4 is 10.6 Å². The van der Waals surface area contributed by atoms with Gasteiger partial charge in [0.25, 0.3) is 0 Å². The molecule has 0 aromatic rings. The van der Waals surface area contributed by atoms with Crippen molar-refractivity contribution in [3.05, 3.63) is 10.4 Å². The molecular weight excluding hydrogens is 434 g/mol. The van der Waals surface area contributed by atoms with Crippen LogP contribution in [0.15, 0.2) is 5.11 Å². The summed E-state index contributed by atoms with van der Waals surface area (Å²) in [5.41, 5.74) is 7.59. The maximum Gasteiger partial charge on any atom is 0.407 e. The van der Waals surface area contributed by atoms with Gasteiger partial charge in [-0.25, -0.2) is 4.79 Å². The Morgan fingerprint density at radius 1 is 0.879 bits per heavy atom. The first-order chi connectivity index (χ1) is 15.8. The second-order valence-corrected chi connectivity index (χ2v) is 8.17. The van der Waals surface area contributed by atoms with Gasteiger partial charge < -0.3 is 34.3 Å². The lowest BCUT2D eigenvalue weighted by Gasteiger charge is -2.19. The van der Waals surface area contributed by atoms with Crippen molar-refractivity contribution in [2.24, 2.45) is 11.0 Å². The fourth-order valence-electron chi connectivity index (χ4n) is 2.38. The van der Waals surface area contributed by atoms with E-state index in [1.165, 1.54) is 0 Å². The molecule has 0 aliphatic heterocycles. The molecule has 0 aliphatic carbocycles. The molecule has 2 amide bonds. The normalized spacial score (nSPS) is 12.0. The molecule has 2 N–H and O–H groups in total. The smallest absolute Gasteiger partial charge is 0.407 e. The fraction of sp³-hybridized carbons (Fsp3) is 0.905. The Hall–Kier alpha value is -2.11. The molecule has 0 unspecified atom stereocenters. The van der Waals surface area contributed by atoms with E-state index in [9.17, 15) is 9.59 Å². The summed E-state index contributed by atoms with van der Waals surface area (Å²) in [6, 6.07) is 0. The summed E-state index contributed by atoms with van der Waals surface area (Å²) < 4.78 is 26.5. The van der Waals surface area contributed by atoms with Crippen LogP contribution in [0.5, 0.6) is 0 Å². The Morgan fingerprint density at radius 2 is 1.42 bits per heavy atom. The molecule has 0 saturated carbocycles. The van der Waals surface area contributed by atoms with Gasteiger partial charge in [0, 0.05) is 30.5 Å². The van der Waals surface area contributed by atoms with Crippen molar-refractivity contribution in [2.75, 3.05) is 72.5 Å². The van der Waals surface area contributed by atoms with Crippen molar-refractivity contribution in [1.29, 1.82) is 0 Å². The second kappa shape index (κ2) is 20.5. The van der Waals surface area contributed by atoms with Crippen molar-refractivity contribution in [1.82, 2.24) is 10.6 Å². The lowest BCUT2D eigenvalue weighted by molar-refractivity contribution is -0.124. The molecule has 12 nitrogen and oxygen atoms in total. The van der Waals surface area contributed by atoms with Gasteiger partial charge in [0.1, 0.15) is 5.60 Å². The molecule has 0 aromatic heterocycles. The largest absolute Gasteiger partial charge is 0.444 e. The van der Waals surface area contributed by atoms with Crippen molar-refractivity contribution in [3.63, 3.8) is 0 Å². The Morgan fingerprint density at radius 3 is 1.97 bits per heavy atom. The fourth-order valence-corrected chi connectivity index (χ4v) is 2.38. The number of carbonyl (C=O) groups is 2. The number of amides is 2. The zero-order chi connectivity index (χ0) is 24.8. The summed E-state index contributed by atoms with van der Waals surface area (Å²) in [5.74, 6) is -0.184. The zero-order valence-electron chi connectivity index (χ0n) is 20.5. The van der Waals surface area contributed by atoms with Crippen molar-refractivity contribution in [3.8, 4) is 0 Å². The molecule has 0 spiro atoms. The Bertz CT molecular complexity index is 566. The van der Waals surface area contributed by atoms with Crippen molar-refractivity contribution < 1.29 is 33.3 Å². The van der Waals surface area contributed by atoms with Crippen LogP contribution in [0.4, 0.5) is 4.79 Å². The Kier molecular flexibility index (Phi) is 19.2. The lowest BCUT2D eigenvalue weighted by atomic mass is 10.1. The number of azide groups is 1. The average Bonchev–Trinajstić information content (AvgIpc) is 2.74. The van der Waals surface area contributed by atoms with Gasteiger partial charge in [-0.1, -0.05) is 12.0 Å². The van der Waals surface area contributed by atoms with Gasteiger partial charge in [-0.3, -0.25) is 4.79 Å². The third-order valence-electron chi connectivity index (χ3n) is 3.99. The summed E-state index contributed by atoms with van der Waals surface area (Å²) >= 11 is 0. The highest BCUT2D eigenvalue weighted by molar-refractivity contribution is 5.78. The molecule has 0 aromatic carbocycles. The molecule has 0 saturated heterocycles. The Balaban J connectivity index is 3.42. The number of alkyl carbamates (subject to hydrolysis) is 1. The molecule has 0 heterocycles. The molecule has 0 aliphatic rings.